The Morgan fingerprint density at radius 2 is 1.83 bits per heavy atom. The zero-order valence-corrected chi connectivity index (χ0v) is 22.6. The monoisotopic (exact) mass is 570 g/mol. The van der Waals surface area contributed by atoms with E-state index in [4.69, 9.17) is 36.3 Å². The minimum atomic E-state index is -1.08. The average Bonchev–Trinajstić information content (AvgIpc) is 2.97. The molecule has 0 saturated heterocycles. The van der Waals surface area contributed by atoms with Gasteiger partial charge in [-0.15, -0.1) is 0 Å². The van der Waals surface area contributed by atoms with Gasteiger partial charge in [-0.2, -0.15) is 5.26 Å². The van der Waals surface area contributed by atoms with Gasteiger partial charge in [0.25, 0.3) is 0 Å². The van der Waals surface area contributed by atoms with Gasteiger partial charge >= 0.3 is 5.97 Å². The standard InChI is InChI=1S/C32H24ClFN2O5/c1-19(39-28-12-5-4-11-27(28)34)32(37)40-23-13-14-24-29(16-23)41-31(36)25(17-35)30(24)20-8-6-9-22(15-20)38-18-21-7-2-3-10-26(21)33/h2-16,19,30H,18,36H2,1H3. The Balaban J connectivity index is 1.37. The van der Waals surface area contributed by atoms with Crippen molar-refractivity contribution in [3.05, 3.63) is 130 Å². The molecule has 0 radical (unpaired) electrons. The molecular formula is C32H24ClFN2O5. The Bertz CT molecular complexity index is 1680. The van der Waals surface area contributed by atoms with Crippen LogP contribution >= 0.6 is 11.6 Å². The molecule has 0 aromatic heterocycles. The van der Waals surface area contributed by atoms with Gasteiger partial charge in [0.05, 0.1) is 5.92 Å². The summed E-state index contributed by atoms with van der Waals surface area (Å²) in [6.07, 6.45) is -1.08. The molecule has 2 atom stereocenters. The molecule has 0 aliphatic carbocycles. The summed E-state index contributed by atoms with van der Waals surface area (Å²) in [5.74, 6) is -0.926. The lowest BCUT2D eigenvalue weighted by atomic mass is 9.83. The Labute approximate surface area is 241 Å². The zero-order chi connectivity index (χ0) is 28.9. The van der Waals surface area contributed by atoms with Crippen LogP contribution in [0.4, 0.5) is 4.39 Å². The Kier molecular flexibility index (Phi) is 8.09. The summed E-state index contributed by atoms with van der Waals surface area (Å²) < 4.78 is 36.5. The number of nitrogens with two attached hydrogens (primary N) is 1. The number of carbonyl (C=O) groups is 1. The molecule has 5 rings (SSSR count). The predicted octanol–water partition coefficient (Wildman–Crippen LogP) is 6.65. The molecule has 0 spiro atoms. The Hall–Kier alpha value is -5.00. The maximum Gasteiger partial charge on any atom is 0.352 e. The van der Waals surface area contributed by atoms with Crippen LogP contribution in [0.2, 0.25) is 5.02 Å². The summed E-state index contributed by atoms with van der Waals surface area (Å²) in [5.41, 5.74) is 8.62. The summed E-state index contributed by atoms with van der Waals surface area (Å²) >= 11 is 6.25. The highest BCUT2D eigenvalue weighted by Gasteiger charge is 2.31. The molecular weight excluding hydrogens is 547 g/mol. The first-order valence-electron chi connectivity index (χ1n) is 12.6. The summed E-state index contributed by atoms with van der Waals surface area (Å²) in [6.45, 7) is 1.73. The molecule has 7 nitrogen and oxygen atoms in total. The number of hydrogen-bond donors (Lipinski definition) is 1. The SMILES string of the molecule is CC(Oc1ccccc1F)C(=O)Oc1ccc2c(c1)OC(N)=C(C#N)C2c1cccc(OCc2ccccc2Cl)c1. The van der Waals surface area contributed by atoms with Crippen LogP contribution in [0.5, 0.6) is 23.0 Å². The first kappa shape index (κ1) is 27.6. The highest BCUT2D eigenvalue weighted by atomic mass is 35.5. The number of rotatable bonds is 8. The lowest BCUT2D eigenvalue weighted by Gasteiger charge is -2.27. The van der Waals surface area contributed by atoms with Gasteiger partial charge in [0.1, 0.15) is 35.5 Å². The van der Waals surface area contributed by atoms with Crippen molar-refractivity contribution in [2.24, 2.45) is 5.73 Å². The van der Waals surface area contributed by atoms with Crippen LogP contribution in [0.1, 0.15) is 29.5 Å². The summed E-state index contributed by atoms with van der Waals surface area (Å²) in [7, 11) is 0. The summed E-state index contributed by atoms with van der Waals surface area (Å²) in [6, 6.07) is 27.5. The van der Waals surface area contributed by atoms with E-state index in [0.717, 1.165) is 11.1 Å². The maximum absolute atomic E-state index is 13.9. The largest absolute Gasteiger partial charge is 0.489 e. The number of benzene rings is 4. The third kappa shape index (κ3) is 6.11. The number of para-hydroxylation sites is 1. The maximum atomic E-state index is 13.9. The molecule has 41 heavy (non-hydrogen) atoms. The third-order valence-electron chi connectivity index (χ3n) is 6.42. The van der Waals surface area contributed by atoms with Crippen LogP contribution in [0.25, 0.3) is 0 Å². The molecule has 4 aromatic rings. The van der Waals surface area contributed by atoms with Crippen LogP contribution in [-0.2, 0) is 11.4 Å². The van der Waals surface area contributed by atoms with Gasteiger partial charge in [-0.1, -0.05) is 60.1 Å². The Morgan fingerprint density at radius 3 is 2.61 bits per heavy atom. The summed E-state index contributed by atoms with van der Waals surface area (Å²) in [5, 5.41) is 10.5. The van der Waals surface area contributed by atoms with Crippen LogP contribution in [0, 0.1) is 17.1 Å². The second-order valence-corrected chi connectivity index (χ2v) is 9.60. The van der Waals surface area contributed by atoms with Gasteiger partial charge in [-0.05, 0) is 48.9 Å². The fraction of sp³-hybridized carbons (Fsp3) is 0.125. The number of halogens is 2. The molecule has 9 heteroatoms. The highest BCUT2D eigenvalue weighted by Crippen LogP contribution is 2.44. The lowest BCUT2D eigenvalue weighted by molar-refractivity contribution is -0.141. The predicted molar refractivity (Wildman–Crippen MR) is 150 cm³/mol. The molecule has 0 bridgehead atoms. The number of carbonyl (C=O) groups excluding carboxylic acids is 1. The molecule has 2 N–H and O–H groups in total. The van der Waals surface area contributed by atoms with Crippen molar-refractivity contribution in [2.75, 3.05) is 0 Å². The molecule has 206 valence electrons. The topological polar surface area (TPSA) is 104 Å². The fourth-order valence-electron chi connectivity index (χ4n) is 4.38. The van der Waals surface area contributed by atoms with E-state index in [9.17, 15) is 14.4 Å². The number of nitrogens with zero attached hydrogens (tertiary/aromatic N) is 1. The number of esters is 1. The van der Waals surface area contributed by atoms with E-state index in [1.165, 1.54) is 31.2 Å². The van der Waals surface area contributed by atoms with Crippen molar-refractivity contribution in [2.45, 2.75) is 25.6 Å². The quantitative estimate of drug-likeness (QED) is 0.187. The number of fused-ring (bicyclic) bond motifs is 1. The van der Waals surface area contributed by atoms with Gasteiger partial charge < -0.3 is 24.7 Å². The number of nitriles is 1. The van der Waals surface area contributed by atoms with Crippen LogP contribution in [0.15, 0.2) is 102 Å². The van der Waals surface area contributed by atoms with E-state index < -0.39 is 23.8 Å². The van der Waals surface area contributed by atoms with E-state index in [1.54, 1.807) is 24.3 Å². The summed E-state index contributed by atoms with van der Waals surface area (Å²) in [4.78, 5) is 12.7. The van der Waals surface area contributed by atoms with Crippen LogP contribution in [0.3, 0.4) is 0 Å². The minimum absolute atomic E-state index is 0.0615. The molecule has 1 aliphatic heterocycles. The van der Waals surface area contributed by atoms with Crippen molar-refractivity contribution >= 4 is 17.6 Å². The van der Waals surface area contributed by atoms with E-state index >= 15 is 0 Å². The molecule has 1 heterocycles. The second-order valence-electron chi connectivity index (χ2n) is 9.19. The van der Waals surface area contributed by atoms with E-state index in [0.29, 0.717) is 22.1 Å². The minimum Gasteiger partial charge on any atom is -0.489 e. The van der Waals surface area contributed by atoms with Gasteiger partial charge in [-0.25, -0.2) is 9.18 Å². The number of hydrogen-bond acceptors (Lipinski definition) is 7. The smallest absolute Gasteiger partial charge is 0.352 e. The van der Waals surface area contributed by atoms with Crippen molar-refractivity contribution in [3.8, 4) is 29.1 Å². The van der Waals surface area contributed by atoms with Crippen molar-refractivity contribution in [3.63, 3.8) is 0 Å². The van der Waals surface area contributed by atoms with E-state index in [-0.39, 0.29) is 29.6 Å². The average molecular weight is 571 g/mol. The van der Waals surface area contributed by atoms with Gasteiger partial charge in [-0.3, -0.25) is 0 Å². The van der Waals surface area contributed by atoms with E-state index in [1.807, 2.05) is 42.5 Å². The molecule has 0 amide bonds. The number of ether oxygens (including phenoxy) is 4. The number of allylic oxidation sites excluding steroid dienone is 1. The van der Waals surface area contributed by atoms with Gasteiger partial charge in [0, 0.05) is 22.2 Å². The van der Waals surface area contributed by atoms with Crippen molar-refractivity contribution in [1.29, 1.82) is 5.26 Å². The molecule has 0 fully saturated rings. The zero-order valence-electron chi connectivity index (χ0n) is 21.8. The van der Waals surface area contributed by atoms with Crippen LogP contribution < -0.4 is 24.7 Å². The first-order chi connectivity index (χ1) is 19.8. The van der Waals surface area contributed by atoms with Gasteiger partial charge in [0.15, 0.2) is 17.7 Å². The fourth-order valence-corrected chi connectivity index (χ4v) is 4.57. The molecule has 1 aliphatic rings. The lowest BCUT2D eigenvalue weighted by Crippen LogP contribution is -2.29. The molecule has 0 saturated carbocycles. The molecule has 4 aromatic carbocycles. The molecule has 2 unspecified atom stereocenters. The third-order valence-corrected chi connectivity index (χ3v) is 6.79. The Morgan fingerprint density at radius 1 is 1.05 bits per heavy atom. The normalized spacial score (nSPS) is 14.7. The second kappa shape index (κ2) is 12.0. The van der Waals surface area contributed by atoms with Gasteiger partial charge in [0.2, 0.25) is 5.88 Å². The van der Waals surface area contributed by atoms with Crippen molar-refractivity contribution in [1.82, 2.24) is 0 Å². The van der Waals surface area contributed by atoms with Crippen LogP contribution in [-0.4, -0.2) is 12.1 Å². The van der Waals surface area contributed by atoms with E-state index in [2.05, 4.69) is 6.07 Å². The highest BCUT2D eigenvalue weighted by molar-refractivity contribution is 6.31. The van der Waals surface area contributed by atoms with Crippen molar-refractivity contribution < 1.29 is 28.1 Å². The first-order valence-corrected chi connectivity index (χ1v) is 13.0.